The molecule has 0 aliphatic rings. The molecule has 1 rings (SSSR count). The van der Waals surface area contributed by atoms with Crippen molar-refractivity contribution in [2.75, 3.05) is 7.11 Å². The molecule has 3 nitrogen and oxygen atoms in total. The monoisotopic (exact) mass is 290 g/mol. The van der Waals surface area contributed by atoms with E-state index in [0.717, 1.165) is 7.11 Å². The van der Waals surface area contributed by atoms with Gasteiger partial charge in [0.1, 0.15) is 0 Å². The maximum atomic E-state index is 13.4. The Bertz CT molecular complexity index is 445. The number of ether oxygens (including phenoxy) is 2. The van der Waals surface area contributed by atoms with Crippen molar-refractivity contribution in [3.05, 3.63) is 35.9 Å². The first kappa shape index (κ1) is 16.5. The fraction of sp³-hybridized carbons (Fsp3) is 0.500. The van der Waals surface area contributed by atoms with Gasteiger partial charge in [-0.15, -0.1) is 0 Å². The molecule has 0 radical (unpaired) electrons. The van der Waals surface area contributed by atoms with E-state index in [-0.39, 0.29) is 5.56 Å². The number of alkyl halides is 3. The number of hydrogen-bond donors (Lipinski definition) is 0. The summed E-state index contributed by atoms with van der Waals surface area (Å²) in [4.78, 5) is 12.0. The lowest BCUT2D eigenvalue weighted by Gasteiger charge is -2.33. The summed E-state index contributed by atoms with van der Waals surface area (Å²) in [6.45, 7) is 3.24. The Hall–Kier alpha value is -1.56. The zero-order chi connectivity index (χ0) is 15.4. The lowest BCUT2D eigenvalue weighted by molar-refractivity contribution is -0.278. The van der Waals surface area contributed by atoms with Crippen LogP contribution in [0.4, 0.5) is 13.2 Å². The Morgan fingerprint density at radius 3 is 2.20 bits per heavy atom. The molecule has 0 heterocycles. The second kappa shape index (κ2) is 6.26. The van der Waals surface area contributed by atoms with Crippen molar-refractivity contribution in [3.8, 4) is 0 Å². The number of carbonyl (C=O) groups is 1. The summed E-state index contributed by atoms with van der Waals surface area (Å²) in [5.41, 5.74) is -3.40. The van der Waals surface area contributed by atoms with E-state index >= 15 is 0 Å². The van der Waals surface area contributed by atoms with Crippen LogP contribution in [0.3, 0.4) is 0 Å². The molecule has 0 spiro atoms. The Labute approximate surface area is 115 Å². The van der Waals surface area contributed by atoms with E-state index < -0.39 is 23.9 Å². The quantitative estimate of drug-likeness (QED) is 0.779. The van der Waals surface area contributed by atoms with Crippen LogP contribution in [-0.2, 0) is 19.9 Å². The van der Waals surface area contributed by atoms with Gasteiger partial charge in [0.2, 0.25) is 0 Å². The summed E-state index contributed by atoms with van der Waals surface area (Å²) in [5.74, 6) is -1.45. The third-order valence-electron chi connectivity index (χ3n) is 3.06. The van der Waals surface area contributed by atoms with Gasteiger partial charge in [0.05, 0.1) is 6.10 Å². The van der Waals surface area contributed by atoms with Crippen LogP contribution in [-0.4, -0.2) is 25.4 Å². The largest absolute Gasteiger partial charge is 0.460 e. The number of rotatable bonds is 5. The number of hydrogen-bond acceptors (Lipinski definition) is 3. The second-order valence-corrected chi connectivity index (χ2v) is 4.37. The molecule has 0 saturated heterocycles. The third kappa shape index (κ3) is 2.95. The maximum absolute atomic E-state index is 13.4. The van der Waals surface area contributed by atoms with E-state index in [9.17, 15) is 18.0 Å². The van der Waals surface area contributed by atoms with Crippen LogP contribution in [0.25, 0.3) is 0 Å². The third-order valence-corrected chi connectivity index (χ3v) is 3.06. The Morgan fingerprint density at radius 2 is 1.80 bits per heavy atom. The van der Waals surface area contributed by atoms with Gasteiger partial charge >= 0.3 is 12.1 Å². The highest BCUT2D eigenvalue weighted by Crippen LogP contribution is 2.43. The Balaban J connectivity index is 3.31. The van der Waals surface area contributed by atoms with Gasteiger partial charge in [-0.3, -0.25) is 0 Å². The summed E-state index contributed by atoms with van der Waals surface area (Å²) < 4.78 is 49.8. The van der Waals surface area contributed by atoms with Crippen LogP contribution in [0.5, 0.6) is 0 Å². The molecule has 0 amide bonds. The van der Waals surface area contributed by atoms with Gasteiger partial charge in [-0.1, -0.05) is 37.3 Å². The molecule has 1 aromatic carbocycles. The first-order chi connectivity index (χ1) is 9.29. The van der Waals surface area contributed by atoms with Crippen LogP contribution in [0.15, 0.2) is 30.3 Å². The second-order valence-electron chi connectivity index (χ2n) is 4.37. The van der Waals surface area contributed by atoms with Crippen LogP contribution in [0, 0.1) is 0 Å². The molecule has 0 aliphatic heterocycles. The molecule has 20 heavy (non-hydrogen) atoms. The molecule has 0 saturated carbocycles. The van der Waals surface area contributed by atoms with Gasteiger partial charge in [-0.05, 0) is 13.3 Å². The molecule has 0 aromatic heterocycles. The normalized spacial score (nSPS) is 16.3. The SMILES string of the molecule is CCC(C)OC(=O)C(OC)(c1ccccc1)C(F)(F)F. The minimum absolute atomic E-state index is 0.302. The van der Waals surface area contributed by atoms with Crippen LogP contribution in [0.2, 0.25) is 0 Å². The first-order valence-electron chi connectivity index (χ1n) is 6.18. The predicted molar refractivity (Wildman–Crippen MR) is 67.0 cm³/mol. The summed E-state index contributed by atoms with van der Waals surface area (Å²) in [6.07, 6.45) is -5.13. The molecule has 1 aromatic rings. The van der Waals surface area contributed by atoms with E-state index in [2.05, 4.69) is 4.74 Å². The molecule has 6 heteroatoms. The average Bonchev–Trinajstić information content (AvgIpc) is 2.39. The summed E-state index contributed by atoms with van der Waals surface area (Å²) >= 11 is 0. The van der Waals surface area contributed by atoms with Crippen molar-refractivity contribution in [1.29, 1.82) is 0 Å². The number of esters is 1. The van der Waals surface area contributed by atoms with Crippen molar-refractivity contribution in [2.45, 2.75) is 38.1 Å². The Kier molecular flexibility index (Phi) is 5.16. The van der Waals surface area contributed by atoms with Gasteiger partial charge in [0.25, 0.3) is 5.60 Å². The summed E-state index contributed by atoms with van der Waals surface area (Å²) in [7, 11) is 0.846. The molecule has 2 atom stereocenters. The minimum atomic E-state index is -4.92. The van der Waals surface area contributed by atoms with Crippen molar-refractivity contribution in [3.63, 3.8) is 0 Å². The van der Waals surface area contributed by atoms with Gasteiger partial charge in [-0.2, -0.15) is 13.2 Å². The van der Waals surface area contributed by atoms with Gasteiger partial charge < -0.3 is 9.47 Å². The molecular weight excluding hydrogens is 273 g/mol. The van der Waals surface area contributed by atoms with E-state index in [1.54, 1.807) is 13.0 Å². The number of carbonyl (C=O) groups excluding carboxylic acids is 1. The smallest absolute Gasteiger partial charge is 0.432 e. The maximum Gasteiger partial charge on any atom is 0.432 e. The minimum Gasteiger partial charge on any atom is -0.460 e. The van der Waals surface area contributed by atoms with E-state index in [1.807, 2.05) is 0 Å². The van der Waals surface area contributed by atoms with Gasteiger partial charge in [0, 0.05) is 12.7 Å². The van der Waals surface area contributed by atoms with E-state index in [1.165, 1.54) is 31.2 Å². The number of methoxy groups -OCH3 is 1. The summed E-state index contributed by atoms with van der Waals surface area (Å²) in [5, 5.41) is 0. The summed E-state index contributed by atoms with van der Waals surface area (Å²) in [6, 6.07) is 6.75. The van der Waals surface area contributed by atoms with Crippen LogP contribution in [0.1, 0.15) is 25.8 Å². The molecule has 0 bridgehead atoms. The van der Waals surface area contributed by atoms with Crippen LogP contribution >= 0.6 is 0 Å². The van der Waals surface area contributed by atoms with Gasteiger partial charge in [-0.25, -0.2) is 4.79 Å². The van der Waals surface area contributed by atoms with Crippen molar-refractivity contribution >= 4 is 5.97 Å². The lowest BCUT2D eigenvalue weighted by Crippen LogP contribution is -2.52. The first-order valence-corrected chi connectivity index (χ1v) is 6.18. The highest BCUT2D eigenvalue weighted by molar-refractivity contribution is 5.82. The molecule has 0 N–H and O–H groups in total. The zero-order valence-corrected chi connectivity index (χ0v) is 11.5. The molecular formula is C14H17F3O3. The van der Waals surface area contributed by atoms with Crippen molar-refractivity contribution < 1.29 is 27.4 Å². The number of halogens is 3. The highest BCUT2D eigenvalue weighted by Gasteiger charge is 2.64. The van der Waals surface area contributed by atoms with Crippen LogP contribution < -0.4 is 0 Å². The Morgan fingerprint density at radius 1 is 1.25 bits per heavy atom. The highest BCUT2D eigenvalue weighted by atomic mass is 19.4. The molecule has 0 fully saturated rings. The van der Waals surface area contributed by atoms with Crippen molar-refractivity contribution in [1.82, 2.24) is 0 Å². The zero-order valence-electron chi connectivity index (χ0n) is 11.5. The predicted octanol–water partition coefficient (Wildman–Crippen LogP) is 3.43. The average molecular weight is 290 g/mol. The molecule has 0 aliphatic carbocycles. The van der Waals surface area contributed by atoms with Gasteiger partial charge in [0.15, 0.2) is 0 Å². The molecule has 112 valence electrons. The molecule has 2 unspecified atom stereocenters. The fourth-order valence-corrected chi connectivity index (χ4v) is 1.74. The van der Waals surface area contributed by atoms with E-state index in [4.69, 9.17) is 4.74 Å². The fourth-order valence-electron chi connectivity index (χ4n) is 1.74. The lowest BCUT2D eigenvalue weighted by atomic mass is 9.92. The standard InChI is InChI=1S/C14H17F3O3/c1-4-10(2)20-12(18)13(19-3,14(15,16)17)11-8-6-5-7-9-11/h5-10H,4H2,1-3H3. The van der Waals surface area contributed by atoms with Crippen molar-refractivity contribution in [2.24, 2.45) is 0 Å². The number of benzene rings is 1. The van der Waals surface area contributed by atoms with E-state index in [0.29, 0.717) is 6.42 Å². The topological polar surface area (TPSA) is 35.5 Å².